The van der Waals surface area contributed by atoms with Crippen molar-refractivity contribution in [2.75, 3.05) is 7.11 Å². The van der Waals surface area contributed by atoms with Crippen LogP contribution in [0.25, 0.3) is 27.6 Å². The topological polar surface area (TPSA) is 60.4 Å². The van der Waals surface area contributed by atoms with Gasteiger partial charge in [0.1, 0.15) is 0 Å². The third kappa shape index (κ3) is 4.31. The lowest BCUT2D eigenvalue weighted by molar-refractivity contribution is -0.160. The van der Waals surface area contributed by atoms with Gasteiger partial charge in [0.2, 0.25) is 0 Å². The number of fused-ring (bicyclic) bond motifs is 5. The van der Waals surface area contributed by atoms with Crippen LogP contribution in [0.1, 0.15) is 96.7 Å². The Bertz CT molecular complexity index is 1740. The fourth-order valence-corrected chi connectivity index (χ4v) is 7.91. The maximum absolute atomic E-state index is 14.1. The minimum Gasteiger partial charge on any atom is -0.469 e. The van der Waals surface area contributed by atoms with Crippen LogP contribution in [0, 0.1) is 11.3 Å². The molecule has 1 unspecified atom stereocenters. The van der Waals surface area contributed by atoms with Crippen LogP contribution in [0.4, 0.5) is 0 Å². The number of esters is 1. The molecule has 0 N–H and O–H groups in total. The Morgan fingerprint density at radius 3 is 2.19 bits per heavy atom. The van der Waals surface area contributed by atoms with E-state index in [1.165, 1.54) is 7.11 Å². The third-order valence-corrected chi connectivity index (χ3v) is 10.2. The Kier molecular flexibility index (Phi) is 6.92. The van der Waals surface area contributed by atoms with Gasteiger partial charge >= 0.3 is 5.97 Å². The number of methoxy groups -OCH3 is 1. The zero-order chi connectivity index (χ0) is 29.8. The van der Waals surface area contributed by atoms with Crippen molar-refractivity contribution in [3.63, 3.8) is 0 Å². The predicted octanol–water partition coefficient (Wildman–Crippen LogP) is 8.84. The Balaban J connectivity index is 1.48. The fraction of sp³-hybridized carbons (Fsp3) is 0.342. The standard InChI is InChI=1S/C38H38O4/c1-23(2)29-20-31-32(37(3)17-10-18-38(4,36(41)42-5)35(37)22-34(31)40)21-30(29)33(39)16-15-28-26-13-8-6-11-24(26)19-25-12-7-9-14-27(25)28/h6-9,11-16,19-21,23,35H,10,17-18,22H2,1-5H3/b16-15+/t35?,37-,38-/m1/s1. The minimum absolute atomic E-state index is 0.0446. The number of carbonyl (C=O) groups is 3. The molecule has 4 heteroatoms. The molecule has 0 heterocycles. The van der Waals surface area contributed by atoms with Gasteiger partial charge in [-0.2, -0.15) is 0 Å². The molecular formula is C38H38O4. The molecule has 0 bridgehead atoms. The van der Waals surface area contributed by atoms with Crippen LogP contribution in [0.5, 0.6) is 0 Å². The van der Waals surface area contributed by atoms with E-state index in [1.807, 2.05) is 49.4 Å². The summed E-state index contributed by atoms with van der Waals surface area (Å²) in [6, 6.07) is 22.6. The summed E-state index contributed by atoms with van der Waals surface area (Å²) in [6.07, 6.45) is 6.35. The number of benzene rings is 4. The summed E-state index contributed by atoms with van der Waals surface area (Å²) in [5, 5.41) is 4.45. The van der Waals surface area contributed by atoms with Gasteiger partial charge in [-0.25, -0.2) is 0 Å². The van der Waals surface area contributed by atoms with Crippen LogP contribution in [-0.4, -0.2) is 24.6 Å². The van der Waals surface area contributed by atoms with E-state index in [0.29, 0.717) is 24.0 Å². The van der Waals surface area contributed by atoms with Crippen molar-refractivity contribution in [2.24, 2.45) is 11.3 Å². The molecule has 1 saturated carbocycles. The fourth-order valence-electron chi connectivity index (χ4n) is 7.91. The van der Waals surface area contributed by atoms with E-state index in [0.717, 1.165) is 51.1 Å². The maximum atomic E-state index is 14.1. The molecule has 2 aliphatic carbocycles. The van der Waals surface area contributed by atoms with Crippen LogP contribution in [0.3, 0.4) is 0 Å². The molecule has 4 aromatic rings. The number of hydrogen-bond acceptors (Lipinski definition) is 4. The van der Waals surface area contributed by atoms with E-state index >= 15 is 0 Å². The first-order valence-corrected chi connectivity index (χ1v) is 15.0. The van der Waals surface area contributed by atoms with Crippen molar-refractivity contribution in [3.05, 3.63) is 101 Å². The van der Waals surface area contributed by atoms with Gasteiger partial charge in [-0.15, -0.1) is 0 Å². The van der Waals surface area contributed by atoms with E-state index in [9.17, 15) is 14.4 Å². The second kappa shape index (κ2) is 10.3. The molecule has 4 aromatic carbocycles. The molecule has 0 aliphatic heterocycles. The molecule has 1 fully saturated rings. The lowest BCUT2D eigenvalue weighted by Gasteiger charge is -2.53. The average Bonchev–Trinajstić information content (AvgIpc) is 2.99. The highest BCUT2D eigenvalue weighted by atomic mass is 16.5. The average molecular weight is 559 g/mol. The van der Waals surface area contributed by atoms with Gasteiger partial charge in [0.05, 0.1) is 12.5 Å². The van der Waals surface area contributed by atoms with E-state index in [2.05, 4.69) is 51.1 Å². The van der Waals surface area contributed by atoms with Crippen molar-refractivity contribution in [1.29, 1.82) is 0 Å². The van der Waals surface area contributed by atoms with Crippen molar-refractivity contribution in [1.82, 2.24) is 0 Å². The monoisotopic (exact) mass is 558 g/mol. The smallest absolute Gasteiger partial charge is 0.311 e. The van der Waals surface area contributed by atoms with Gasteiger partial charge in [0, 0.05) is 17.5 Å². The Labute approximate surface area is 247 Å². The molecule has 42 heavy (non-hydrogen) atoms. The van der Waals surface area contributed by atoms with Crippen LogP contribution in [0.2, 0.25) is 0 Å². The molecule has 0 radical (unpaired) electrons. The van der Waals surface area contributed by atoms with E-state index in [4.69, 9.17) is 4.74 Å². The number of ketones is 2. The van der Waals surface area contributed by atoms with Crippen LogP contribution in [0.15, 0.2) is 72.8 Å². The number of hydrogen-bond donors (Lipinski definition) is 0. The summed E-state index contributed by atoms with van der Waals surface area (Å²) >= 11 is 0. The van der Waals surface area contributed by atoms with Gasteiger partial charge in [-0.05, 0) is 106 Å². The SMILES string of the molecule is COC(=O)[C@]1(C)CCC[C@]2(C)c3cc(C(=O)/C=C/c4c5ccccc5cc5ccccc45)c(C(C)C)cc3C(=O)CC12. The number of allylic oxidation sites excluding steroid dienone is 1. The van der Waals surface area contributed by atoms with Gasteiger partial charge in [-0.1, -0.05) is 75.7 Å². The molecule has 0 spiro atoms. The lowest BCUT2D eigenvalue weighted by atomic mass is 9.49. The van der Waals surface area contributed by atoms with Crippen molar-refractivity contribution in [2.45, 2.75) is 64.7 Å². The van der Waals surface area contributed by atoms with Crippen molar-refractivity contribution in [3.8, 4) is 0 Å². The third-order valence-electron chi connectivity index (χ3n) is 10.2. The summed E-state index contributed by atoms with van der Waals surface area (Å²) in [5.74, 6) is -0.413. The summed E-state index contributed by atoms with van der Waals surface area (Å²) in [7, 11) is 1.43. The quantitative estimate of drug-likeness (QED) is 0.106. The van der Waals surface area contributed by atoms with E-state index in [1.54, 1.807) is 6.08 Å². The maximum Gasteiger partial charge on any atom is 0.311 e. The number of ether oxygens (including phenoxy) is 1. The highest BCUT2D eigenvalue weighted by molar-refractivity contribution is 6.13. The van der Waals surface area contributed by atoms with Gasteiger partial charge in [0.15, 0.2) is 11.6 Å². The highest BCUT2D eigenvalue weighted by Crippen LogP contribution is 2.58. The van der Waals surface area contributed by atoms with Gasteiger partial charge < -0.3 is 4.74 Å². The second-order valence-electron chi connectivity index (χ2n) is 12.9. The highest BCUT2D eigenvalue weighted by Gasteiger charge is 2.57. The first-order chi connectivity index (χ1) is 20.1. The Morgan fingerprint density at radius 2 is 1.57 bits per heavy atom. The molecule has 214 valence electrons. The zero-order valence-electron chi connectivity index (χ0n) is 25.1. The predicted molar refractivity (Wildman–Crippen MR) is 169 cm³/mol. The number of Topliss-reactive ketones (excluding diaryl/α,β-unsaturated/α-hetero) is 1. The zero-order valence-corrected chi connectivity index (χ0v) is 25.1. The van der Waals surface area contributed by atoms with Crippen molar-refractivity contribution >= 4 is 45.2 Å². The van der Waals surface area contributed by atoms with E-state index < -0.39 is 10.8 Å². The molecule has 4 nitrogen and oxygen atoms in total. The number of rotatable bonds is 5. The largest absolute Gasteiger partial charge is 0.469 e. The number of carbonyl (C=O) groups excluding carboxylic acids is 3. The Morgan fingerprint density at radius 1 is 0.929 bits per heavy atom. The first kappa shape index (κ1) is 28.1. The van der Waals surface area contributed by atoms with Crippen molar-refractivity contribution < 1.29 is 19.1 Å². The van der Waals surface area contributed by atoms with E-state index in [-0.39, 0.29) is 29.4 Å². The van der Waals surface area contributed by atoms with Crippen LogP contribution in [-0.2, 0) is 14.9 Å². The summed E-state index contributed by atoms with van der Waals surface area (Å²) in [4.78, 5) is 40.8. The molecule has 6 rings (SSSR count). The van der Waals surface area contributed by atoms with Crippen LogP contribution >= 0.6 is 0 Å². The lowest BCUT2D eigenvalue weighted by Crippen LogP contribution is -2.53. The Hall–Kier alpha value is -4.05. The summed E-state index contributed by atoms with van der Waals surface area (Å²) < 4.78 is 5.24. The molecule has 3 atom stereocenters. The summed E-state index contributed by atoms with van der Waals surface area (Å²) in [6.45, 7) is 8.25. The molecule has 0 amide bonds. The minimum atomic E-state index is -0.745. The van der Waals surface area contributed by atoms with Crippen LogP contribution < -0.4 is 0 Å². The normalized spacial score (nSPS) is 23.8. The van der Waals surface area contributed by atoms with Gasteiger partial charge in [-0.3, -0.25) is 14.4 Å². The first-order valence-electron chi connectivity index (χ1n) is 15.0. The molecular weight excluding hydrogens is 520 g/mol. The molecule has 2 aliphatic rings. The molecule has 0 saturated heterocycles. The second-order valence-corrected chi connectivity index (χ2v) is 12.9. The van der Waals surface area contributed by atoms with Gasteiger partial charge in [0.25, 0.3) is 0 Å². The molecule has 0 aromatic heterocycles. The summed E-state index contributed by atoms with van der Waals surface area (Å²) in [5.41, 5.74) is 2.97.